The fraction of sp³-hybridized carbons (Fsp3) is 0.273. The van der Waals surface area contributed by atoms with Gasteiger partial charge in [-0.15, -0.1) is 11.3 Å². The largest absolute Gasteiger partial charge is 0.497 e. The highest BCUT2D eigenvalue weighted by Crippen LogP contribution is 2.26. The molecule has 1 aromatic carbocycles. The van der Waals surface area contributed by atoms with Crippen molar-refractivity contribution in [3.8, 4) is 5.75 Å². The van der Waals surface area contributed by atoms with E-state index in [4.69, 9.17) is 4.74 Å². The van der Waals surface area contributed by atoms with Crippen LogP contribution in [0.4, 0.5) is 0 Å². The molecule has 0 aliphatic rings. The van der Waals surface area contributed by atoms with Gasteiger partial charge in [0.15, 0.2) is 5.01 Å². The number of fused-ring (bicyclic) bond motifs is 1. The molecule has 5 heteroatoms. The molecule has 16 heavy (non-hydrogen) atoms. The Morgan fingerprint density at radius 2 is 2.19 bits per heavy atom. The van der Waals surface area contributed by atoms with Crippen LogP contribution in [0.3, 0.4) is 0 Å². The molecule has 1 heterocycles. The Balaban J connectivity index is 2.47. The van der Waals surface area contributed by atoms with Crippen molar-refractivity contribution in [3.63, 3.8) is 0 Å². The van der Waals surface area contributed by atoms with Crippen LogP contribution in [0, 0.1) is 0 Å². The number of amides is 1. The molecular formula is C11H12N2O2S. The van der Waals surface area contributed by atoms with Gasteiger partial charge in [0, 0.05) is 14.1 Å². The van der Waals surface area contributed by atoms with Gasteiger partial charge in [0.05, 0.1) is 17.3 Å². The first-order valence-electron chi connectivity index (χ1n) is 4.78. The molecule has 0 unspecified atom stereocenters. The molecule has 0 N–H and O–H groups in total. The number of ether oxygens (including phenoxy) is 1. The molecule has 0 aliphatic heterocycles. The van der Waals surface area contributed by atoms with Crippen LogP contribution in [0.2, 0.25) is 0 Å². The number of nitrogens with zero attached hydrogens (tertiary/aromatic N) is 2. The van der Waals surface area contributed by atoms with Gasteiger partial charge < -0.3 is 9.64 Å². The predicted octanol–water partition coefficient (Wildman–Crippen LogP) is 2.01. The van der Waals surface area contributed by atoms with Crippen molar-refractivity contribution in [1.29, 1.82) is 0 Å². The lowest BCUT2D eigenvalue weighted by atomic mass is 10.3. The quantitative estimate of drug-likeness (QED) is 0.801. The molecule has 0 saturated carbocycles. The fourth-order valence-corrected chi connectivity index (χ4v) is 2.33. The van der Waals surface area contributed by atoms with Crippen LogP contribution in [0.1, 0.15) is 9.80 Å². The summed E-state index contributed by atoms with van der Waals surface area (Å²) in [6, 6.07) is 5.59. The second-order valence-corrected chi connectivity index (χ2v) is 4.58. The van der Waals surface area contributed by atoms with Crippen molar-refractivity contribution in [2.75, 3.05) is 21.2 Å². The van der Waals surface area contributed by atoms with Crippen LogP contribution in [0.5, 0.6) is 5.75 Å². The highest BCUT2D eigenvalue weighted by atomic mass is 32.1. The number of carbonyl (C=O) groups excluding carboxylic acids is 1. The van der Waals surface area contributed by atoms with E-state index in [0.717, 1.165) is 16.0 Å². The summed E-state index contributed by atoms with van der Waals surface area (Å²) in [5.74, 6) is 0.708. The zero-order valence-corrected chi connectivity index (χ0v) is 10.2. The third-order valence-corrected chi connectivity index (χ3v) is 3.19. The van der Waals surface area contributed by atoms with Gasteiger partial charge in [-0.25, -0.2) is 4.98 Å². The van der Waals surface area contributed by atoms with Crippen LogP contribution in [0.25, 0.3) is 10.2 Å². The first-order valence-corrected chi connectivity index (χ1v) is 5.59. The molecule has 0 spiro atoms. The number of hydrogen-bond acceptors (Lipinski definition) is 4. The normalized spacial score (nSPS) is 10.4. The molecule has 0 fully saturated rings. The van der Waals surface area contributed by atoms with Crippen LogP contribution in [-0.4, -0.2) is 37.0 Å². The van der Waals surface area contributed by atoms with E-state index in [1.165, 1.54) is 16.2 Å². The molecular weight excluding hydrogens is 224 g/mol. The van der Waals surface area contributed by atoms with E-state index in [9.17, 15) is 4.79 Å². The van der Waals surface area contributed by atoms with Gasteiger partial charge in [0.1, 0.15) is 5.75 Å². The summed E-state index contributed by atoms with van der Waals surface area (Å²) in [5, 5.41) is 0.508. The summed E-state index contributed by atoms with van der Waals surface area (Å²) in [6.07, 6.45) is 0. The van der Waals surface area contributed by atoms with Gasteiger partial charge in [0.2, 0.25) is 0 Å². The highest BCUT2D eigenvalue weighted by molar-refractivity contribution is 7.20. The molecule has 0 aliphatic carbocycles. The van der Waals surface area contributed by atoms with Crippen molar-refractivity contribution in [1.82, 2.24) is 9.88 Å². The van der Waals surface area contributed by atoms with E-state index in [2.05, 4.69) is 4.98 Å². The maximum absolute atomic E-state index is 11.7. The lowest BCUT2D eigenvalue weighted by Gasteiger charge is -2.05. The van der Waals surface area contributed by atoms with E-state index in [1.54, 1.807) is 21.2 Å². The Bertz CT molecular complexity index is 534. The number of carbonyl (C=O) groups is 1. The zero-order chi connectivity index (χ0) is 11.7. The Morgan fingerprint density at radius 3 is 2.81 bits per heavy atom. The first kappa shape index (κ1) is 10.9. The molecule has 2 rings (SSSR count). The standard InChI is InChI=1S/C11H12N2O2S/c1-13(2)11(14)10-12-8-5-4-7(15-3)6-9(8)16-10/h4-6H,1-3H3. The summed E-state index contributed by atoms with van der Waals surface area (Å²) >= 11 is 1.38. The molecule has 84 valence electrons. The number of rotatable bonds is 2. The van der Waals surface area contributed by atoms with Gasteiger partial charge >= 0.3 is 0 Å². The summed E-state index contributed by atoms with van der Waals surface area (Å²) in [7, 11) is 5.05. The van der Waals surface area contributed by atoms with Gasteiger partial charge in [0.25, 0.3) is 5.91 Å². The second kappa shape index (κ2) is 4.09. The highest BCUT2D eigenvalue weighted by Gasteiger charge is 2.14. The van der Waals surface area contributed by atoms with E-state index >= 15 is 0 Å². The van der Waals surface area contributed by atoms with Crippen molar-refractivity contribution < 1.29 is 9.53 Å². The number of methoxy groups -OCH3 is 1. The third kappa shape index (κ3) is 1.86. The molecule has 0 atom stereocenters. The van der Waals surface area contributed by atoms with E-state index in [1.807, 2.05) is 18.2 Å². The van der Waals surface area contributed by atoms with Crippen molar-refractivity contribution in [2.24, 2.45) is 0 Å². The first-order chi connectivity index (χ1) is 7.61. The van der Waals surface area contributed by atoms with Gasteiger partial charge in [-0.2, -0.15) is 0 Å². The Morgan fingerprint density at radius 1 is 1.44 bits per heavy atom. The van der Waals surface area contributed by atoms with Crippen molar-refractivity contribution in [3.05, 3.63) is 23.2 Å². The molecule has 4 nitrogen and oxygen atoms in total. The maximum atomic E-state index is 11.7. The number of hydrogen-bond donors (Lipinski definition) is 0. The van der Waals surface area contributed by atoms with Crippen molar-refractivity contribution in [2.45, 2.75) is 0 Å². The smallest absolute Gasteiger partial charge is 0.282 e. The van der Waals surface area contributed by atoms with Gasteiger partial charge in [-0.3, -0.25) is 4.79 Å². The summed E-state index contributed by atoms with van der Waals surface area (Å²) < 4.78 is 6.09. The summed E-state index contributed by atoms with van der Waals surface area (Å²) in [5.41, 5.74) is 0.830. The van der Waals surface area contributed by atoms with Gasteiger partial charge in [-0.1, -0.05) is 0 Å². The fourth-order valence-electron chi connectivity index (χ4n) is 1.31. The minimum Gasteiger partial charge on any atom is -0.497 e. The maximum Gasteiger partial charge on any atom is 0.282 e. The second-order valence-electron chi connectivity index (χ2n) is 3.55. The summed E-state index contributed by atoms with van der Waals surface area (Å²) in [6.45, 7) is 0. The molecule has 1 amide bonds. The minimum absolute atomic E-state index is 0.0693. The monoisotopic (exact) mass is 236 g/mol. The Labute approximate surface area is 97.5 Å². The number of benzene rings is 1. The average Bonchev–Trinajstić information content (AvgIpc) is 2.69. The molecule has 1 aromatic heterocycles. The van der Waals surface area contributed by atoms with E-state index in [0.29, 0.717) is 5.01 Å². The van der Waals surface area contributed by atoms with Crippen molar-refractivity contribution >= 4 is 27.5 Å². The molecule has 0 saturated heterocycles. The molecule has 0 radical (unpaired) electrons. The summed E-state index contributed by atoms with van der Waals surface area (Å²) in [4.78, 5) is 17.5. The lowest BCUT2D eigenvalue weighted by molar-refractivity contribution is 0.0827. The van der Waals surface area contributed by atoms with Crippen LogP contribution < -0.4 is 4.74 Å². The Kier molecular flexibility index (Phi) is 2.78. The zero-order valence-electron chi connectivity index (χ0n) is 9.35. The third-order valence-electron chi connectivity index (χ3n) is 2.18. The molecule has 0 bridgehead atoms. The topological polar surface area (TPSA) is 42.4 Å². The number of thiazole rings is 1. The Hall–Kier alpha value is -1.62. The molecule has 2 aromatic rings. The van der Waals surface area contributed by atoms with E-state index < -0.39 is 0 Å². The van der Waals surface area contributed by atoms with Crippen LogP contribution in [0.15, 0.2) is 18.2 Å². The number of aromatic nitrogens is 1. The minimum atomic E-state index is -0.0693. The van der Waals surface area contributed by atoms with Crippen LogP contribution >= 0.6 is 11.3 Å². The average molecular weight is 236 g/mol. The van der Waals surface area contributed by atoms with Crippen LogP contribution in [-0.2, 0) is 0 Å². The lowest BCUT2D eigenvalue weighted by Crippen LogP contribution is -2.21. The van der Waals surface area contributed by atoms with Gasteiger partial charge in [-0.05, 0) is 18.2 Å². The SMILES string of the molecule is COc1ccc2nc(C(=O)N(C)C)sc2c1. The predicted molar refractivity (Wildman–Crippen MR) is 64.2 cm³/mol. The van der Waals surface area contributed by atoms with E-state index in [-0.39, 0.29) is 5.91 Å².